The first-order valence-corrected chi connectivity index (χ1v) is 9.36. The normalized spacial score (nSPS) is 11.0. The Morgan fingerprint density at radius 1 is 1.28 bits per heavy atom. The Balaban J connectivity index is 1.72. The molecule has 4 heterocycles. The van der Waals surface area contributed by atoms with Crippen molar-refractivity contribution < 1.29 is 24.3 Å². The highest BCUT2D eigenvalue weighted by atomic mass is 16.5. The summed E-state index contributed by atoms with van der Waals surface area (Å²) in [6.45, 7) is 1.90. The first kappa shape index (κ1) is 20.9. The van der Waals surface area contributed by atoms with Crippen molar-refractivity contribution >= 4 is 28.9 Å². The summed E-state index contributed by atoms with van der Waals surface area (Å²) in [6.07, 6.45) is 1.74. The van der Waals surface area contributed by atoms with Crippen LogP contribution in [0.4, 0.5) is 16.6 Å². The number of carbonyl (C=O) groups is 1. The van der Waals surface area contributed by atoms with E-state index in [2.05, 4.69) is 40.8 Å². The van der Waals surface area contributed by atoms with E-state index in [-0.39, 0.29) is 25.6 Å². The lowest BCUT2D eigenvalue weighted by Crippen LogP contribution is -2.14. The lowest BCUT2D eigenvalue weighted by atomic mass is 10.2. The molecule has 0 aliphatic rings. The van der Waals surface area contributed by atoms with Crippen LogP contribution in [-0.4, -0.2) is 58.3 Å². The number of carboxylic acid groups (broad SMARTS) is 1. The van der Waals surface area contributed by atoms with Gasteiger partial charge in [-0.3, -0.25) is 15.0 Å². The van der Waals surface area contributed by atoms with E-state index in [9.17, 15) is 9.90 Å². The minimum atomic E-state index is -1.30. The zero-order chi connectivity index (χ0) is 22.7. The Bertz CT molecular complexity index is 1270. The van der Waals surface area contributed by atoms with Crippen LogP contribution in [0.15, 0.2) is 23.0 Å². The van der Waals surface area contributed by atoms with Crippen molar-refractivity contribution in [3.8, 4) is 5.75 Å². The first-order chi connectivity index (χ1) is 15.5. The largest absolute Gasteiger partial charge is 0.495 e. The number of aromatic nitrogens is 7. The number of amides is 1. The van der Waals surface area contributed by atoms with Crippen molar-refractivity contribution in [2.75, 3.05) is 17.7 Å². The van der Waals surface area contributed by atoms with E-state index < -0.39 is 6.09 Å². The number of aryl methyl sites for hydroxylation is 1. The Morgan fingerprint density at radius 2 is 2.12 bits per heavy atom. The molecule has 1 amide bonds. The van der Waals surface area contributed by atoms with Crippen LogP contribution in [-0.2, 0) is 19.7 Å². The minimum Gasteiger partial charge on any atom is -0.495 e. The topological polar surface area (TPSA) is 186 Å². The molecule has 4 N–H and O–H groups in total. The maximum atomic E-state index is 11.1. The average Bonchev–Trinajstić information content (AvgIpc) is 3.37. The molecular formula is C18H19N9O5. The third-order valence-corrected chi connectivity index (χ3v) is 4.38. The maximum Gasteiger partial charge on any atom is 0.411 e. The quantitative estimate of drug-likeness (QED) is 0.306. The molecule has 4 aromatic rings. The number of pyridine rings is 1. The summed E-state index contributed by atoms with van der Waals surface area (Å²) in [4.78, 5) is 28.0. The van der Waals surface area contributed by atoms with Crippen LogP contribution >= 0.6 is 0 Å². The van der Waals surface area contributed by atoms with Crippen LogP contribution in [0.3, 0.4) is 0 Å². The standard InChI is InChI=1S/C18H19N9O5/c1-9-22-14(26-32-9)6-20-16-15-11(23-17(24-16)25-18(29)30)5-21-27(15)7-12-13(31-2)3-10(8-28)4-19-12/h3-5,28H,6-8H2,1-2H3,(H,29,30)(H2,20,23,24,25). The molecule has 0 saturated heterocycles. The van der Waals surface area contributed by atoms with Gasteiger partial charge in [-0.15, -0.1) is 0 Å². The van der Waals surface area contributed by atoms with Gasteiger partial charge in [0.2, 0.25) is 11.8 Å². The van der Waals surface area contributed by atoms with Crippen molar-refractivity contribution in [2.45, 2.75) is 26.6 Å². The van der Waals surface area contributed by atoms with Crippen molar-refractivity contribution in [3.05, 3.63) is 41.4 Å². The van der Waals surface area contributed by atoms with Gasteiger partial charge in [-0.1, -0.05) is 5.16 Å². The summed E-state index contributed by atoms with van der Waals surface area (Å²) < 4.78 is 12.0. The molecule has 32 heavy (non-hydrogen) atoms. The minimum absolute atomic E-state index is 0.112. The number of anilines is 2. The Hall–Kier alpha value is -4.33. The summed E-state index contributed by atoms with van der Waals surface area (Å²) in [5.41, 5.74) is 2.10. The lowest BCUT2D eigenvalue weighted by molar-refractivity contribution is 0.209. The molecule has 14 nitrogen and oxygen atoms in total. The van der Waals surface area contributed by atoms with Gasteiger partial charge in [-0.05, 0) is 11.6 Å². The zero-order valence-corrected chi connectivity index (χ0v) is 17.1. The van der Waals surface area contributed by atoms with Gasteiger partial charge in [0.1, 0.15) is 22.5 Å². The van der Waals surface area contributed by atoms with Crippen molar-refractivity contribution in [1.29, 1.82) is 0 Å². The second-order valence-corrected chi connectivity index (χ2v) is 6.60. The van der Waals surface area contributed by atoms with E-state index in [0.29, 0.717) is 45.6 Å². The van der Waals surface area contributed by atoms with Gasteiger partial charge in [-0.2, -0.15) is 15.1 Å². The molecular weight excluding hydrogens is 422 g/mol. The number of fused-ring (bicyclic) bond motifs is 1. The van der Waals surface area contributed by atoms with E-state index >= 15 is 0 Å². The lowest BCUT2D eigenvalue weighted by Gasteiger charge is -2.12. The second kappa shape index (κ2) is 8.81. The van der Waals surface area contributed by atoms with E-state index in [4.69, 9.17) is 14.4 Å². The number of hydrogen-bond acceptors (Lipinski definition) is 11. The third-order valence-electron chi connectivity index (χ3n) is 4.38. The summed E-state index contributed by atoms with van der Waals surface area (Å²) >= 11 is 0. The van der Waals surface area contributed by atoms with Gasteiger partial charge < -0.3 is 24.8 Å². The molecule has 0 aliphatic heterocycles. The van der Waals surface area contributed by atoms with Gasteiger partial charge in [-0.25, -0.2) is 9.78 Å². The Morgan fingerprint density at radius 3 is 2.81 bits per heavy atom. The summed E-state index contributed by atoms with van der Waals surface area (Å²) in [5, 5.41) is 31.8. The number of nitrogens with one attached hydrogen (secondary N) is 2. The average molecular weight is 441 g/mol. The number of ether oxygens (including phenoxy) is 1. The molecule has 0 unspecified atom stereocenters. The van der Waals surface area contributed by atoms with Crippen molar-refractivity contribution in [3.63, 3.8) is 0 Å². The fraction of sp³-hybridized carbons (Fsp3) is 0.278. The Kier molecular flexibility index (Phi) is 5.76. The highest BCUT2D eigenvalue weighted by Gasteiger charge is 2.17. The van der Waals surface area contributed by atoms with Gasteiger partial charge in [0, 0.05) is 13.1 Å². The van der Waals surface area contributed by atoms with E-state index in [1.807, 2.05) is 0 Å². The predicted octanol–water partition coefficient (Wildman–Crippen LogP) is 1.16. The molecule has 0 bridgehead atoms. The number of hydrogen-bond donors (Lipinski definition) is 4. The summed E-state index contributed by atoms with van der Waals surface area (Å²) in [7, 11) is 1.51. The van der Waals surface area contributed by atoms with Crippen LogP contribution < -0.4 is 15.4 Å². The number of nitrogens with zero attached hydrogens (tertiary/aromatic N) is 7. The number of aliphatic hydroxyl groups excluding tert-OH is 1. The highest BCUT2D eigenvalue weighted by molar-refractivity contribution is 5.89. The van der Waals surface area contributed by atoms with E-state index in [1.165, 1.54) is 13.3 Å². The molecule has 0 aromatic carbocycles. The highest BCUT2D eigenvalue weighted by Crippen LogP contribution is 2.25. The molecule has 4 rings (SSSR count). The zero-order valence-electron chi connectivity index (χ0n) is 17.1. The van der Waals surface area contributed by atoms with E-state index in [1.54, 1.807) is 23.9 Å². The number of methoxy groups -OCH3 is 1. The molecule has 4 aromatic heterocycles. The molecule has 0 aliphatic carbocycles. The summed E-state index contributed by atoms with van der Waals surface area (Å²) in [5.74, 6) is 1.50. The second-order valence-electron chi connectivity index (χ2n) is 6.60. The Labute approximate surface area is 180 Å². The van der Waals surface area contributed by atoms with Gasteiger partial charge in [0.25, 0.3) is 0 Å². The van der Waals surface area contributed by atoms with E-state index in [0.717, 1.165) is 0 Å². The van der Waals surface area contributed by atoms with Gasteiger partial charge >= 0.3 is 6.09 Å². The van der Waals surface area contributed by atoms with Crippen molar-refractivity contribution in [2.24, 2.45) is 0 Å². The van der Waals surface area contributed by atoms with Crippen LogP contribution in [0, 0.1) is 6.92 Å². The molecule has 14 heteroatoms. The smallest absolute Gasteiger partial charge is 0.411 e. The number of rotatable bonds is 8. The maximum absolute atomic E-state index is 11.1. The third kappa shape index (κ3) is 4.39. The SMILES string of the molecule is COc1cc(CO)cnc1Cn1ncc2nc(NC(=O)O)nc(NCc3noc(C)n3)c21. The summed E-state index contributed by atoms with van der Waals surface area (Å²) in [6, 6.07) is 1.69. The molecule has 166 valence electrons. The molecule has 0 fully saturated rings. The van der Waals surface area contributed by atoms with Crippen LogP contribution in [0.25, 0.3) is 11.0 Å². The van der Waals surface area contributed by atoms with Crippen LogP contribution in [0.2, 0.25) is 0 Å². The van der Waals surface area contributed by atoms with Gasteiger partial charge in [0.15, 0.2) is 11.6 Å². The first-order valence-electron chi connectivity index (χ1n) is 9.36. The monoisotopic (exact) mass is 441 g/mol. The molecule has 0 saturated carbocycles. The number of aliphatic hydroxyl groups is 1. The fourth-order valence-electron chi connectivity index (χ4n) is 3.01. The molecule has 0 spiro atoms. The molecule has 0 radical (unpaired) electrons. The van der Waals surface area contributed by atoms with Crippen LogP contribution in [0.5, 0.6) is 5.75 Å². The predicted molar refractivity (Wildman–Crippen MR) is 109 cm³/mol. The fourth-order valence-corrected chi connectivity index (χ4v) is 3.01. The molecule has 0 atom stereocenters. The van der Waals surface area contributed by atoms with Gasteiger partial charge in [0.05, 0.1) is 33.0 Å². The van der Waals surface area contributed by atoms with Crippen molar-refractivity contribution in [1.82, 2.24) is 34.9 Å². The van der Waals surface area contributed by atoms with Crippen LogP contribution in [0.1, 0.15) is 23.0 Å².